The lowest BCUT2D eigenvalue weighted by Crippen LogP contribution is -2.40. The van der Waals surface area contributed by atoms with Crippen LogP contribution in [0.4, 0.5) is 8.78 Å². The van der Waals surface area contributed by atoms with E-state index in [-0.39, 0.29) is 36.7 Å². The van der Waals surface area contributed by atoms with E-state index in [1.807, 2.05) is 0 Å². The SMILES string of the molecule is O=C(CCN1C(=O)/C(=C/c2cc(-c3ccc(F)c(F)c3)ccc2OCCN2CCOCC2)SC1=S)NC1CCC(C(=O)O)CC1. The molecule has 2 aromatic carbocycles. The third-order valence-electron chi connectivity index (χ3n) is 8.20. The van der Waals surface area contributed by atoms with Gasteiger partial charge in [-0.15, -0.1) is 0 Å². The van der Waals surface area contributed by atoms with E-state index < -0.39 is 17.6 Å². The van der Waals surface area contributed by atoms with Crippen molar-refractivity contribution in [3.63, 3.8) is 0 Å². The number of morpholine rings is 1. The zero-order valence-electron chi connectivity index (χ0n) is 24.6. The molecule has 0 unspecified atom stereocenters. The van der Waals surface area contributed by atoms with Crippen LogP contribution in [0, 0.1) is 17.6 Å². The van der Waals surface area contributed by atoms with E-state index in [0.717, 1.165) is 37.0 Å². The Labute approximate surface area is 269 Å². The van der Waals surface area contributed by atoms with Crippen molar-refractivity contribution in [1.82, 2.24) is 15.1 Å². The number of carboxylic acids is 1. The number of halogens is 2. The van der Waals surface area contributed by atoms with Crippen molar-refractivity contribution in [3.05, 3.63) is 58.5 Å². The number of hydrogen-bond acceptors (Lipinski definition) is 8. The first-order valence-corrected chi connectivity index (χ1v) is 16.2. The van der Waals surface area contributed by atoms with Crippen LogP contribution in [0.15, 0.2) is 41.3 Å². The normalized spacial score (nSPS) is 21.7. The van der Waals surface area contributed by atoms with E-state index in [1.54, 1.807) is 24.3 Å². The fourth-order valence-corrected chi connectivity index (χ4v) is 6.89. The number of rotatable bonds is 11. The highest BCUT2D eigenvalue weighted by molar-refractivity contribution is 8.26. The molecule has 2 heterocycles. The number of thioether (sulfide) groups is 1. The molecular formula is C32H35F2N3O6S2. The Kier molecular flexibility index (Phi) is 11.2. The molecule has 2 aromatic rings. The molecule has 0 radical (unpaired) electrons. The number of amides is 2. The van der Waals surface area contributed by atoms with Crippen molar-refractivity contribution in [1.29, 1.82) is 0 Å². The number of carbonyl (C=O) groups is 3. The zero-order valence-corrected chi connectivity index (χ0v) is 26.3. The van der Waals surface area contributed by atoms with Crippen molar-refractivity contribution in [2.75, 3.05) is 46.0 Å². The molecule has 13 heteroatoms. The van der Waals surface area contributed by atoms with Gasteiger partial charge in [0.1, 0.15) is 16.7 Å². The Bertz CT molecular complexity index is 1470. The summed E-state index contributed by atoms with van der Waals surface area (Å²) in [5, 5.41) is 12.1. The standard InChI is InChI=1S/C32H35F2N3O6S2/c33-25-7-3-22(18-26(25)34)21-4-8-27(43-16-13-36-11-14-42-15-12-36)23(17-21)19-28-30(39)37(32(44)45-28)10-9-29(38)35-24-5-1-20(2-6-24)31(40)41/h3-4,7-8,17-20,24H,1-2,5-6,9-16H2,(H,35,38)(H,40,41)/b28-19-. The molecular weight excluding hydrogens is 624 g/mol. The molecule has 5 rings (SSSR count). The lowest BCUT2D eigenvalue weighted by Gasteiger charge is -2.27. The summed E-state index contributed by atoms with van der Waals surface area (Å²) in [6.07, 6.45) is 3.99. The molecule has 2 saturated heterocycles. The van der Waals surface area contributed by atoms with Crippen molar-refractivity contribution in [3.8, 4) is 16.9 Å². The summed E-state index contributed by atoms with van der Waals surface area (Å²) in [4.78, 5) is 41.2. The number of hydrogen-bond donors (Lipinski definition) is 2. The molecule has 2 amide bonds. The van der Waals surface area contributed by atoms with Crippen LogP contribution in [0.1, 0.15) is 37.7 Å². The quantitative estimate of drug-likeness (QED) is 0.262. The van der Waals surface area contributed by atoms with E-state index >= 15 is 0 Å². The maximum atomic E-state index is 14.0. The average Bonchev–Trinajstić information content (AvgIpc) is 3.30. The minimum Gasteiger partial charge on any atom is -0.492 e. The van der Waals surface area contributed by atoms with Gasteiger partial charge in [0, 0.05) is 44.2 Å². The maximum Gasteiger partial charge on any atom is 0.306 e. The van der Waals surface area contributed by atoms with Gasteiger partial charge in [0.15, 0.2) is 11.6 Å². The second kappa shape index (κ2) is 15.3. The van der Waals surface area contributed by atoms with Crippen molar-refractivity contribution in [2.24, 2.45) is 5.92 Å². The van der Waals surface area contributed by atoms with Gasteiger partial charge in [0.25, 0.3) is 5.91 Å². The third-order valence-corrected chi connectivity index (χ3v) is 9.57. The van der Waals surface area contributed by atoms with Gasteiger partial charge in [-0.1, -0.05) is 36.1 Å². The Balaban J connectivity index is 1.26. The zero-order chi connectivity index (χ0) is 31.9. The predicted molar refractivity (Wildman–Crippen MR) is 171 cm³/mol. The second-order valence-electron chi connectivity index (χ2n) is 11.2. The summed E-state index contributed by atoms with van der Waals surface area (Å²) in [6.45, 7) is 4.18. The minimum atomic E-state index is -0.960. The Morgan fingerprint density at radius 3 is 2.47 bits per heavy atom. The van der Waals surface area contributed by atoms with E-state index in [2.05, 4.69) is 10.2 Å². The number of ether oxygens (including phenoxy) is 2. The van der Waals surface area contributed by atoms with Crippen LogP contribution >= 0.6 is 24.0 Å². The van der Waals surface area contributed by atoms with E-state index in [1.165, 1.54) is 11.0 Å². The number of thiocarbonyl (C=S) groups is 1. The monoisotopic (exact) mass is 659 g/mol. The lowest BCUT2D eigenvalue weighted by atomic mass is 9.86. The van der Waals surface area contributed by atoms with Crippen LogP contribution in [-0.4, -0.2) is 89.1 Å². The molecule has 0 bridgehead atoms. The van der Waals surface area contributed by atoms with Crippen molar-refractivity contribution >= 4 is 52.2 Å². The van der Waals surface area contributed by atoms with Crippen LogP contribution in [0.3, 0.4) is 0 Å². The summed E-state index contributed by atoms with van der Waals surface area (Å²) in [6, 6.07) is 8.86. The Morgan fingerprint density at radius 1 is 1.04 bits per heavy atom. The summed E-state index contributed by atoms with van der Waals surface area (Å²) in [7, 11) is 0. The highest BCUT2D eigenvalue weighted by Gasteiger charge is 2.33. The maximum absolute atomic E-state index is 14.0. The molecule has 3 aliphatic rings. The Hall–Kier alpha value is -3.39. The molecule has 1 saturated carbocycles. The molecule has 0 aromatic heterocycles. The molecule has 0 atom stereocenters. The summed E-state index contributed by atoms with van der Waals surface area (Å²) < 4.78 is 39.5. The van der Waals surface area contributed by atoms with E-state index in [9.17, 15) is 28.3 Å². The smallest absolute Gasteiger partial charge is 0.306 e. The minimum absolute atomic E-state index is 0.0557. The highest BCUT2D eigenvalue weighted by atomic mass is 32.2. The molecule has 240 valence electrons. The molecule has 45 heavy (non-hydrogen) atoms. The second-order valence-corrected chi connectivity index (χ2v) is 12.9. The summed E-state index contributed by atoms with van der Waals surface area (Å²) >= 11 is 6.60. The van der Waals surface area contributed by atoms with E-state index in [4.69, 9.17) is 21.7 Å². The van der Waals surface area contributed by atoms with Gasteiger partial charge in [-0.05, 0) is 67.2 Å². The van der Waals surface area contributed by atoms with Gasteiger partial charge in [0.2, 0.25) is 5.91 Å². The van der Waals surface area contributed by atoms with Crippen LogP contribution < -0.4 is 10.1 Å². The number of benzene rings is 2. The van der Waals surface area contributed by atoms with Crippen LogP contribution in [0.5, 0.6) is 5.75 Å². The van der Waals surface area contributed by atoms with Gasteiger partial charge in [-0.3, -0.25) is 24.2 Å². The molecule has 3 fully saturated rings. The van der Waals surface area contributed by atoms with Gasteiger partial charge in [-0.2, -0.15) is 0 Å². The van der Waals surface area contributed by atoms with Gasteiger partial charge in [-0.25, -0.2) is 8.78 Å². The van der Waals surface area contributed by atoms with Gasteiger partial charge in [0.05, 0.1) is 24.0 Å². The first kappa shape index (κ1) is 33.0. The molecule has 1 aliphatic carbocycles. The Morgan fingerprint density at radius 2 is 1.76 bits per heavy atom. The number of nitrogens with one attached hydrogen (secondary N) is 1. The number of nitrogens with zero attached hydrogens (tertiary/aromatic N) is 2. The molecule has 2 aliphatic heterocycles. The molecule has 0 spiro atoms. The first-order valence-electron chi connectivity index (χ1n) is 15.0. The number of aliphatic carboxylic acids is 1. The largest absolute Gasteiger partial charge is 0.492 e. The highest BCUT2D eigenvalue weighted by Crippen LogP contribution is 2.36. The van der Waals surface area contributed by atoms with Crippen LogP contribution in [0.2, 0.25) is 0 Å². The fourth-order valence-electron chi connectivity index (χ4n) is 5.59. The van der Waals surface area contributed by atoms with Crippen molar-refractivity contribution in [2.45, 2.75) is 38.1 Å². The van der Waals surface area contributed by atoms with E-state index in [0.29, 0.717) is 83.7 Å². The predicted octanol–water partition coefficient (Wildman–Crippen LogP) is 4.69. The molecule has 2 N–H and O–H groups in total. The molecule has 9 nitrogen and oxygen atoms in total. The summed E-state index contributed by atoms with van der Waals surface area (Å²) in [5.41, 5.74) is 1.66. The average molecular weight is 660 g/mol. The van der Waals surface area contributed by atoms with Crippen LogP contribution in [0.25, 0.3) is 17.2 Å². The van der Waals surface area contributed by atoms with Gasteiger partial charge >= 0.3 is 5.97 Å². The first-order chi connectivity index (χ1) is 21.7. The van der Waals surface area contributed by atoms with Gasteiger partial charge < -0.3 is 19.9 Å². The van der Waals surface area contributed by atoms with Crippen molar-refractivity contribution < 1.29 is 37.7 Å². The number of carboxylic acid groups (broad SMARTS) is 1. The number of carbonyl (C=O) groups excluding carboxylic acids is 2. The topological polar surface area (TPSA) is 108 Å². The third kappa shape index (κ3) is 8.66. The van der Waals surface area contributed by atoms with Crippen LogP contribution in [-0.2, 0) is 19.1 Å². The fraction of sp³-hybridized carbons (Fsp3) is 0.438. The lowest BCUT2D eigenvalue weighted by molar-refractivity contribution is -0.142. The summed E-state index contributed by atoms with van der Waals surface area (Å²) in [5.74, 6) is -3.10.